The molecule has 0 aromatic rings. The van der Waals surface area contributed by atoms with Gasteiger partial charge >= 0.3 is 57.6 Å². The van der Waals surface area contributed by atoms with Crippen molar-refractivity contribution in [3.63, 3.8) is 0 Å². The molecule has 0 aromatic heterocycles. The van der Waals surface area contributed by atoms with E-state index in [-0.39, 0.29) is 0 Å². The van der Waals surface area contributed by atoms with Crippen molar-refractivity contribution in [2.75, 3.05) is 0 Å². The second-order valence-electron chi connectivity index (χ2n) is 3.95. The molecule has 0 saturated carbocycles. The second-order valence-corrected chi connectivity index (χ2v) is 37.4. The molecule has 0 radical (unpaired) electrons. The first-order valence-corrected chi connectivity index (χ1v) is 16.8. The Hall–Kier alpha value is 1.01. The van der Waals surface area contributed by atoms with Crippen LogP contribution in [0.4, 0.5) is 0 Å². The van der Waals surface area contributed by atoms with E-state index in [4.69, 9.17) is 0 Å². The molecule has 0 nitrogen and oxygen atoms in total. The van der Waals surface area contributed by atoms with Crippen molar-refractivity contribution >= 4 is 23.0 Å². The van der Waals surface area contributed by atoms with Crippen LogP contribution >= 0.6 is 0 Å². The summed E-state index contributed by atoms with van der Waals surface area (Å²) in [4.78, 5) is 7.57. The fourth-order valence-corrected chi connectivity index (χ4v) is 0. The molecule has 0 aliphatic rings. The van der Waals surface area contributed by atoms with E-state index in [1.165, 1.54) is 0 Å². The summed E-state index contributed by atoms with van der Waals surface area (Å²) in [5.41, 5.74) is -0.669. The van der Waals surface area contributed by atoms with Crippen LogP contribution in [0.15, 0.2) is 0 Å². The van der Waals surface area contributed by atoms with Gasteiger partial charge in [-0.25, -0.2) is 0 Å². The summed E-state index contributed by atoms with van der Waals surface area (Å²) in [5.74, 6) is 0. The Morgan fingerprint density at radius 3 is 1.00 bits per heavy atom. The summed E-state index contributed by atoms with van der Waals surface area (Å²) in [6.45, 7) is 7.48. The molecule has 0 heterocycles. The average molecular weight is 246 g/mol. The molecule has 0 aliphatic heterocycles. The summed E-state index contributed by atoms with van der Waals surface area (Å²) in [5, 5.41) is 0. The number of hydrogen-bond donors (Lipinski definition) is 0. The van der Waals surface area contributed by atoms with Gasteiger partial charge in [0.2, 0.25) is 0 Å². The van der Waals surface area contributed by atoms with Crippen molar-refractivity contribution in [3.8, 4) is 0 Å². The summed E-state index contributed by atoms with van der Waals surface area (Å²) in [7, 11) is 0. The van der Waals surface area contributed by atoms with Gasteiger partial charge in [-0.1, -0.05) is 0 Å². The topological polar surface area (TPSA) is 0 Å². The predicted molar refractivity (Wildman–Crippen MR) is 46.7 cm³/mol. The quantitative estimate of drug-likeness (QED) is 0.624. The van der Waals surface area contributed by atoms with E-state index in [1.807, 2.05) is 0 Å². The van der Waals surface area contributed by atoms with Gasteiger partial charge in [0.25, 0.3) is 0 Å². The summed E-state index contributed by atoms with van der Waals surface area (Å²) >= 11 is -1.20. The minimum atomic E-state index is -1.20. The molecule has 0 amide bonds. The van der Waals surface area contributed by atoms with Crippen LogP contribution in [-0.2, 0) is 0 Å². The van der Waals surface area contributed by atoms with Crippen LogP contribution in [0.1, 0.15) is 0 Å². The van der Waals surface area contributed by atoms with E-state index in [9.17, 15) is 0 Å². The zero-order valence-corrected chi connectivity index (χ0v) is 10.2. The van der Waals surface area contributed by atoms with Gasteiger partial charge in [0.15, 0.2) is 0 Å². The van der Waals surface area contributed by atoms with E-state index in [1.54, 1.807) is 0 Å². The summed E-state index contributed by atoms with van der Waals surface area (Å²) in [6, 6.07) is 0. The van der Waals surface area contributed by atoms with Crippen LogP contribution in [0.5, 0.6) is 0 Å². The molecule has 0 spiro atoms. The van der Waals surface area contributed by atoms with Crippen molar-refractivity contribution in [1.82, 2.24) is 0 Å². The van der Waals surface area contributed by atoms with Crippen molar-refractivity contribution in [2.45, 2.75) is 34.6 Å². The zero-order chi connectivity index (χ0) is 7.00. The van der Waals surface area contributed by atoms with Crippen molar-refractivity contribution < 1.29 is 0 Å². The summed E-state index contributed by atoms with van der Waals surface area (Å²) in [6.07, 6.45) is 0. The van der Waals surface area contributed by atoms with Gasteiger partial charge in [0.1, 0.15) is 0 Å². The van der Waals surface area contributed by atoms with Crippen LogP contribution in [0.3, 0.4) is 0 Å². The maximum atomic E-state index is 2.52. The van der Waals surface area contributed by atoms with Crippen LogP contribution in [0.25, 0.3) is 0 Å². The van der Waals surface area contributed by atoms with Crippen molar-refractivity contribution in [3.05, 3.63) is 0 Å². The standard InChI is InChI=1S/C6H18SiTe/c1-7(2,3)8(4,5)6/h1-6H3. The van der Waals surface area contributed by atoms with Crippen LogP contribution in [-0.4, -0.2) is 23.0 Å². The van der Waals surface area contributed by atoms with Crippen molar-refractivity contribution in [2.24, 2.45) is 0 Å². The van der Waals surface area contributed by atoms with E-state index in [0.717, 1.165) is 0 Å². The molecule has 0 N–H and O–H groups in total. The zero-order valence-electron chi connectivity index (χ0n) is 6.91. The molecule has 0 aliphatic carbocycles. The third-order valence-corrected chi connectivity index (χ3v) is 37.0. The van der Waals surface area contributed by atoms with E-state index >= 15 is 0 Å². The molecule has 0 fully saturated rings. The Morgan fingerprint density at radius 2 is 1.00 bits per heavy atom. The Kier molecular flexibility index (Phi) is 2.62. The van der Waals surface area contributed by atoms with Gasteiger partial charge in [-0.15, -0.1) is 0 Å². The molecule has 0 rings (SSSR count). The Bertz CT molecular complexity index is 63.5. The normalized spacial score (nSPS) is 16.2. The molecule has 0 aromatic carbocycles. The third-order valence-electron chi connectivity index (χ3n) is 1.84. The fraction of sp³-hybridized carbons (Fsp3) is 1.00. The van der Waals surface area contributed by atoms with Gasteiger partial charge in [-0.05, 0) is 0 Å². The summed E-state index contributed by atoms with van der Waals surface area (Å²) < 4.78 is 0. The monoisotopic (exact) mass is 248 g/mol. The van der Waals surface area contributed by atoms with Gasteiger partial charge in [-0.3, -0.25) is 0 Å². The Balaban J connectivity index is 4.02. The average Bonchev–Trinajstić information content (AvgIpc) is 1.25. The van der Waals surface area contributed by atoms with E-state index in [2.05, 4.69) is 34.6 Å². The van der Waals surface area contributed by atoms with Crippen molar-refractivity contribution in [1.29, 1.82) is 0 Å². The van der Waals surface area contributed by atoms with E-state index in [0.29, 0.717) is 0 Å². The molecule has 0 bridgehead atoms. The molecule has 8 heavy (non-hydrogen) atoms. The predicted octanol–water partition coefficient (Wildman–Crippen LogP) is 2.74. The molecule has 0 saturated heterocycles. The first kappa shape index (κ1) is 9.01. The number of rotatable bonds is 1. The van der Waals surface area contributed by atoms with Crippen LogP contribution in [0, 0.1) is 0 Å². The van der Waals surface area contributed by atoms with E-state index < -0.39 is 23.0 Å². The minimum absolute atomic E-state index is 0.669. The third kappa shape index (κ3) is 2.52. The van der Waals surface area contributed by atoms with Crippen LogP contribution < -0.4 is 0 Å². The van der Waals surface area contributed by atoms with Crippen LogP contribution in [0.2, 0.25) is 34.6 Å². The maximum absolute atomic E-state index is 2.52. The molecular formula is C6H18SiTe. The molecule has 2 heteroatoms. The Labute approximate surface area is 57.6 Å². The van der Waals surface area contributed by atoms with Gasteiger partial charge < -0.3 is 0 Å². The first-order valence-electron chi connectivity index (χ1n) is 2.93. The second kappa shape index (κ2) is 2.32. The van der Waals surface area contributed by atoms with Gasteiger partial charge in [0, 0.05) is 0 Å². The molecule has 52 valence electrons. The van der Waals surface area contributed by atoms with Gasteiger partial charge in [-0.2, -0.15) is 0 Å². The Morgan fingerprint density at radius 1 is 0.875 bits per heavy atom. The first-order chi connectivity index (χ1) is 3.25. The fourth-order valence-electron chi connectivity index (χ4n) is 0. The molecule has 0 unspecified atom stereocenters. The number of hydrogen-bond acceptors (Lipinski definition) is 0. The van der Waals surface area contributed by atoms with Gasteiger partial charge in [0.05, 0.1) is 0 Å². The SMILES string of the molecule is C[Si](C)(C)[Te](C)(C)C. The molecule has 0 atom stereocenters. The molecular weight excluding hydrogens is 228 g/mol.